The maximum absolute atomic E-state index is 9.79. The van der Waals surface area contributed by atoms with Crippen LogP contribution in [0.3, 0.4) is 0 Å². The molecule has 0 atom stereocenters. The lowest BCUT2D eigenvalue weighted by Gasteiger charge is -2.09. The van der Waals surface area contributed by atoms with Crippen molar-refractivity contribution in [3.63, 3.8) is 0 Å². The average molecular weight is 408 g/mol. The fraction of sp³-hybridized carbons (Fsp3) is 0. The second-order valence-corrected chi connectivity index (χ2v) is 7.07. The number of pyridine rings is 2. The van der Waals surface area contributed by atoms with Gasteiger partial charge in [-0.15, -0.1) is 0 Å². The molecule has 5 rings (SSSR count). The van der Waals surface area contributed by atoms with Gasteiger partial charge in [-0.1, -0.05) is 18.2 Å². The van der Waals surface area contributed by atoms with E-state index in [9.17, 15) is 10.5 Å². The van der Waals surface area contributed by atoms with Gasteiger partial charge in [-0.2, -0.15) is 15.5 Å². The maximum atomic E-state index is 9.79. The quantitative estimate of drug-likeness (QED) is 0.284. The van der Waals surface area contributed by atoms with Crippen LogP contribution in [0.25, 0.3) is 38.5 Å². The molecule has 0 unspecified atom stereocenters. The molecule has 0 spiro atoms. The second kappa shape index (κ2) is 7.61. The Labute approximate surface area is 184 Å². The highest BCUT2D eigenvalue weighted by molar-refractivity contribution is 6.26. The molecule has 1 aliphatic rings. The van der Waals surface area contributed by atoms with Crippen LogP contribution in [-0.4, -0.2) is 15.7 Å². The summed E-state index contributed by atoms with van der Waals surface area (Å²) >= 11 is 0. The molecule has 0 saturated carbocycles. The smallest absolute Gasteiger partial charge is 0.206 e. The number of nitriles is 2. The van der Waals surface area contributed by atoms with Crippen LogP contribution in [0.15, 0.2) is 78.0 Å². The summed E-state index contributed by atoms with van der Waals surface area (Å²) in [4.78, 5) is 16.5. The Balaban J connectivity index is 1.83. The van der Waals surface area contributed by atoms with Crippen LogP contribution in [0.1, 0.15) is 16.7 Å². The number of nitrogens with zero attached hydrogens (tertiary/aromatic N) is 6. The van der Waals surface area contributed by atoms with Gasteiger partial charge >= 0.3 is 0 Å². The largest absolute Gasteiger partial charge is 0.258 e. The Morgan fingerprint density at radius 2 is 1.38 bits per heavy atom. The molecule has 4 aromatic rings. The third-order valence-electron chi connectivity index (χ3n) is 5.38. The van der Waals surface area contributed by atoms with Crippen molar-refractivity contribution in [1.82, 2.24) is 9.97 Å². The van der Waals surface area contributed by atoms with Gasteiger partial charge in [0.15, 0.2) is 5.69 Å². The first-order valence-electron chi connectivity index (χ1n) is 9.69. The molecule has 2 heterocycles. The van der Waals surface area contributed by atoms with Crippen LogP contribution in [0.4, 0.5) is 5.69 Å². The summed E-state index contributed by atoms with van der Waals surface area (Å²) in [6.07, 6.45) is 5.23. The molecule has 0 aliphatic heterocycles. The molecule has 0 saturated heterocycles. The number of hydrogen-bond donors (Lipinski definition) is 0. The summed E-state index contributed by atoms with van der Waals surface area (Å²) in [5.74, 6) is 0. The fourth-order valence-corrected chi connectivity index (χ4v) is 3.99. The minimum absolute atomic E-state index is 0.423. The molecule has 0 amide bonds. The van der Waals surface area contributed by atoms with Gasteiger partial charge < -0.3 is 0 Å². The van der Waals surface area contributed by atoms with Gasteiger partial charge in [0.2, 0.25) is 6.19 Å². The summed E-state index contributed by atoms with van der Waals surface area (Å²) in [6, 6.07) is 20.6. The second-order valence-electron chi connectivity index (χ2n) is 7.07. The summed E-state index contributed by atoms with van der Waals surface area (Å²) < 4.78 is 0. The molecule has 0 fully saturated rings. The molecule has 2 aromatic carbocycles. The number of hydrogen-bond acceptors (Lipinski definition) is 5. The van der Waals surface area contributed by atoms with Gasteiger partial charge in [0.25, 0.3) is 0 Å². The standard InChI is InChI=1S/C26H12N6/c1-29-25-13-21-19(12-22(25)24-7-3-5-9-31-24)18-11-17(23-6-2-4-8-30-23)16(14-27)10-20(18)26(21)32-15-28/h2-13H. The van der Waals surface area contributed by atoms with Crippen molar-refractivity contribution in [1.29, 1.82) is 10.5 Å². The van der Waals surface area contributed by atoms with E-state index in [1.165, 1.54) is 0 Å². The van der Waals surface area contributed by atoms with Gasteiger partial charge in [0.05, 0.1) is 35.3 Å². The molecule has 2 aromatic heterocycles. The minimum Gasteiger partial charge on any atom is -0.258 e. The summed E-state index contributed by atoms with van der Waals surface area (Å²) in [5.41, 5.74) is 7.14. The zero-order valence-corrected chi connectivity index (χ0v) is 16.6. The van der Waals surface area contributed by atoms with E-state index in [2.05, 4.69) is 25.9 Å². The number of benzene rings is 2. The van der Waals surface area contributed by atoms with Crippen LogP contribution < -0.4 is 0 Å². The Bertz CT molecular complexity index is 1420. The lowest BCUT2D eigenvalue weighted by atomic mass is 9.95. The molecule has 0 radical (unpaired) electrons. The van der Waals surface area contributed by atoms with Crippen molar-refractivity contribution >= 4 is 11.4 Å². The average Bonchev–Trinajstić information content (AvgIpc) is 3.15. The first kappa shape index (κ1) is 18.9. The van der Waals surface area contributed by atoms with Crippen molar-refractivity contribution in [2.75, 3.05) is 0 Å². The summed E-state index contributed by atoms with van der Waals surface area (Å²) in [6.45, 7) is 7.68. The van der Waals surface area contributed by atoms with Crippen molar-refractivity contribution in [2.45, 2.75) is 0 Å². The van der Waals surface area contributed by atoms with Gasteiger partial charge in [0, 0.05) is 29.1 Å². The normalized spacial score (nSPS) is 12.3. The molecule has 6 nitrogen and oxygen atoms in total. The highest BCUT2D eigenvalue weighted by Gasteiger charge is 2.29. The van der Waals surface area contributed by atoms with E-state index in [4.69, 9.17) is 6.57 Å². The minimum atomic E-state index is 0.423. The lowest BCUT2D eigenvalue weighted by molar-refractivity contribution is 1.32. The highest BCUT2D eigenvalue weighted by Crippen LogP contribution is 2.45. The third-order valence-corrected chi connectivity index (χ3v) is 5.38. The molecule has 0 bridgehead atoms. The van der Waals surface area contributed by atoms with Crippen LogP contribution in [0.5, 0.6) is 0 Å². The third kappa shape index (κ3) is 2.91. The SMILES string of the molecule is [C-]#[N+]c1cc2c(cc1-c1ccccn1)-c1cc(-c3ccccn3)c(C#N)cc1C2=NC#N. The molecule has 1 aliphatic carbocycles. The predicted octanol–water partition coefficient (Wildman–Crippen LogP) is 5.53. The van der Waals surface area contributed by atoms with E-state index >= 15 is 0 Å². The van der Waals surface area contributed by atoms with Crippen molar-refractivity contribution in [3.05, 3.63) is 101 Å². The monoisotopic (exact) mass is 408 g/mol. The van der Waals surface area contributed by atoms with E-state index in [1.54, 1.807) is 24.5 Å². The molecule has 32 heavy (non-hydrogen) atoms. The zero-order chi connectivity index (χ0) is 22.1. The lowest BCUT2D eigenvalue weighted by Crippen LogP contribution is -1.99. The molecule has 6 heteroatoms. The number of fused-ring (bicyclic) bond motifs is 3. The Hall–Kier alpha value is -5.12. The van der Waals surface area contributed by atoms with E-state index in [-0.39, 0.29) is 0 Å². The van der Waals surface area contributed by atoms with Gasteiger partial charge in [-0.05, 0) is 59.2 Å². The van der Waals surface area contributed by atoms with E-state index in [1.807, 2.05) is 54.7 Å². The fourth-order valence-electron chi connectivity index (χ4n) is 3.99. The first-order chi connectivity index (χ1) is 15.7. The maximum Gasteiger partial charge on any atom is 0.206 e. The van der Waals surface area contributed by atoms with Crippen molar-refractivity contribution in [2.24, 2.45) is 4.99 Å². The zero-order valence-electron chi connectivity index (χ0n) is 16.6. The van der Waals surface area contributed by atoms with E-state index < -0.39 is 0 Å². The predicted molar refractivity (Wildman–Crippen MR) is 121 cm³/mol. The molecule has 0 N–H and O–H groups in total. The van der Waals surface area contributed by atoms with E-state index in [0.717, 1.165) is 11.1 Å². The van der Waals surface area contributed by atoms with Gasteiger partial charge in [0.1, 0.15) is 0 Å². The molecule has 146 valence electrons. The number of rotatable bonds is 2. The van der Waals surface area contributed by atoms with E-state index in [0.29, 0.717) is 50.6 Å². The summed E-state index contributed by atoms with van der Waals surface area (Å²) in [7, 11) is 0. The Kier molecular flexibility index (Phi) is 4.49. The van der Waals surface area contributed by atoms with Crippen LogP contribution in [0.2, 0.25) is 0 Å². The van der Waals surface area contributed by atoms with Crippen LogP contribution in [0, 0.1) is 29.4 Å². The summed E-state index contributed by atoms with van der Waals surface area (Å²) in [5, 5.41) is 19.1. The Morgan fingerprint density at radius 1 is 0.750 bits per heavy atom. The number of aromatic nitrogens is 2. The van der Waals surface area contributed by atoms with Gasteiger partial charge in [-0.3, -0.25) is 9.97 Å². The topological polar surface area (TPSA) is 90.1 Å². The molecular weight excluding hydrogens is 396 g/mol. The van der Waals surface area contributed by atoms with Crippen molar-refractivity contribution in [3.8, 4) is 45.9 Å². The number of aliphatic imine (C=N–C) groups is 1. The molecular formula is C26H12N6. The van der Waals surface area contributed by atoms with Crippen LogP contribution >= 0.6 is 0 Å². The first-order valence-corrected chi connectivity index (χ1v) is 9.69. The van der Waals surface area contributed by atoms with Crippen LogP contribution in [-0.2, 0) is 0 Å². The van der Waals surface area contributed by atoms with Crippen molar-refractivity contribution < 1.29 is 0 Å². The highest BCUT2D eigenvalue weighted by atomic mass is 14.8. The van der Waals surface area contributed by atoms with Gasteiger partial charge in [-0.25, -0.2) is 4.85 Å². The Morgan fingerprint density at radius 3 is 1.94 bits per heavy atom.